The van der Waals surface area contributed by atoms with Gasteiger partial charge in [-0.05, 0) is 27.9 Å². The lowest BCUT2D eigenvalue weighted by atomic mass is 10.1. The van der Waals surface area contributed by atoms with Crippen LogP contribution in [0.1, 0.15) is 13.8 Å². The van der Waals surface area contributed by atoms with Crippen molar-refractivity contribution in [1.29, 1.82) is 0 Å². The highest BCUT2D eigenvalue weighted by atomic mass is 79.9. The zero-order valence-corrected chi connectivity index (χ0v) is 11.2. The maximum atomic E-state index is 10.9. The van der Waals surface area contributed by atoms with E-state index in [2.05, 4.69) is 31.3 Å². The van der Waals surface area contributed by atoms with E-state index in [0.717, 1.165) is 16.4 Å². The van der Waals surface area contributed by atoms with Crippen LogP contribution in [0.2, 0.25) is 0 Å². The molecule has 0 aliphatic rings. The fourth-order valence-corrected chi connectivity index (χ4v) is 1.81. The van der Waals surface area contributed by atoms with Crippen LogP contribution >= 0.6 is 15.9 Å². The molecule has 0 aromatic carbocycles. The zero-order chi connectivity index (χ0) is 12.4. The molecule has 0 fully saturated rings. The van der Waals surface area contributed by atoms with Gasteiger partial charge in [-0.15, -0.1) is 0 Å². The van der Waals surface area contributed by atoms with Gasteiger partial charge in [0.25, 0.3) is 0 Å². The van der Waals surface area contributed by atoms with Crippen molar-refractivity contribution in [3.63, 3.8) is 0 Å². The Morgan fingerprint density at radius 3 is 2.94 bits per heavy atom. The Labute approximate surface area is 107 Å². The molecule has 2 heterocycles. The number of carbonyl (C=O) groups excluding carboxylic acids is 1. The van der Waals surface area contributed by atoms with Crippen molar-refractivity contribution in [1.82, 2.24) is 14.6 Å². The number of nitrogens with one attached hydrogen (secondary N) is 1. The molecule has 0 aliphatic heterocycles. The summed E-state index contributed by atoms with van der Waals surface area (Å²) in [4.78, 5) is 15.3. The highest BCUT2D eigenvalue weighted by Crippen LogP contribution is 2.17. The predicted molar refractivity (Wildman–Crippen MR) is 69.0 cm³/mol. The van der Waals surface area contributed by atoms with E-state index in [1.165, 1.54) is 0 Å². The standard InChI is InChI=1S/C11H13BrN4O/c1-7(2)9(6-17)14-10-3-4-16-11(15-10)8(12)5-13-16/h3-7,9H,1-2H3,(H,14,15). The number of nitrogens with zero attached hydrogens (tertiary/aromatic N) is 3. The molecule has 0 saturated carbocycles. The minimum Gasteiger partial charge on any atom is -0.360 e. The average molecular weight is 297 g/mol. The largest absolute Gasteiger partial charge is 0.360 e. The molecular weight excluding hydrogens is 284 g/mol. The molecule has 2 rings (SSSR count). The quantitative estimate of drug-likeness (QED) is 0.878. The molecule has 2 aromatic heterocycles. The van der Waals surface area contributed by atoms with Crippen molar-refractivity contribution >= 4 is 33.7 Å². The van der Waals surface area contributed by atoms with Gasteiger partial charge in [0, 0.05) is 6.20 Å². The number of aldehydes is 1. The first-order chi connectivity index (χ1) is 8.11. The predicted octanol–water partition coefficient (Wildman–Crippen LogP) is 2.13. The Balaban J connectivity index is 2.29. The number of hydrogen-bond donors (Lipinski definition) is 1. The van der Waals surface area contributed by atoms with Gasteiger partial charge in [0.2, 0.25) is 0 Å². The fraction of sp³-hybridized carbons (Fsp3) is 0.364. The SMILES string of the molecule is CC(C)C(C=O)Nc1ccn2ncc(Br)c2n1. The number of halogens is 1. The molecule has 2 aromatic rings. The van der Waals surface area contributed by atoms with Gasteiger partial charge in [0.05, 0.1) is 16.7 Å². The molecule has 0 spiro atoms. The first-order valence-corrected chi connectivity index (χ1v) is 6.13. The Morgan fingerprint density at radius 2 is 2.29 bits per heavy atom. The third-order valence-electron chi connectivity index (χ3n) is 2.51. The van der Waals surface area contributed by atoms with Gasteiger partial charge in [-0.3, -0.25) is 0 Å². The maximum absolute atomic E-state index is 10.9. The highest BCUT2D eigenvalue weighted by molar-refractivity contribution is 9.10. The molecule has 5 nitrogen and oxygen atoms in total. The second-order valence-electron chi connectivity index (χ2n) is 4.12. The minimum absolute atomic E-state index is 0.221. The fourth-order valence-electron chi connectivity index (χ4n) is 1.45. The Kier molecular flexibility index (Phi) is 3.42. The number of rotatable bonds is 4. The zero-order valence-electron chi connectivity index (χ0n) is 9.59. The monoisotopic (exact) mass is 296 g/mol. The smallest absolute Gasteiger partial charge is 0.171 e. The summed E-state index contributed by atoms with van der Waals surface area (Å²) in [5, 5.41) is 7.20. The molecule has 6 heteroatoms. The number of anilines is 1. The normalized spacial score (nSPS) is 12.9. The van der Waals surface area contributed by atoms with Crippen molar-refractivity contribution in [3.8, 4) is 0 Å². The van der Waals surface area contributed by atoms with Crippen molar-refractivity contribution < 1.29 is 4.79 Å². The summed E-state index contributed by atoms with van der Waals surface area (Å²) >= 11 is 3.37. The van der Waals surface area contributed by atoms with Crippen LogP contribution in [0, 0.1) is 5.92 Å². The topological polar surface area (TPSA) is 59.3 Å². The lowest BCUT2D eigenvalue weighted by molar-refractivity contribution is -0.109. The molecule has 0 aliphatic carbocycles. The summed E-state index contributed by atoms with van der Waals surface area (Å²) in [7, 11) is 0. The van der Waals surface area contributed by atoms with Crippen LogP contribution in [0.15, 0.2) is 22.9 Å². The van der Waals surface area contributed by atoms with Gasteiger partial charge in [0.1, 0.15) is 12.1 Å². The van der Waals surface area contributed by atoms with Crippen LogP contribution in [0.25, 0.3) is 5.65 Å². The maximum Gasteiger partial charge on any atom is 0.171 e. The van der Waals surface area contributed by atoms with E-state index in [9.17, 15) is 4.79 Å². The van der Waals surface area contributed by atoms with Gasteiger partial charge in [0.15, 0.2) is 5.65 Å². The van der Waals surface area contributed by atoms with Gasteiger partial charge in [-0.25, -0.2) is 9.50 Å². The summed E-state index contributed by atoms with van der Waals surface area (Å²) in [6.45, 7) is 3.97. The molecule has 0 amide bonds. The molecule has 1 unspecified atom stereocenters. The van der Waals surface area contributed by atoms with E-state index in [-0.39, 0.29) is 12.0 Å². The third-order valence-corrected chi connectivity index (χ3v) is 3.06. The average Bonchev–Trinajstić information content (AvgIpc) is 2.67. The molecule has 1 atom stereocenters. The molecule has 90 valence electrons. The van der Waals surface area contributed by atoms with Gasteiger partial charge in [-0.1, -0.05) is 13.8 Å². The van der Waals surface area contributed by atoms with E-state index < -0.39 is 0 Å². The van der Waals surface area contributed by atoms with Crippen molar-refractivity contribution in [2.75, 3.05) is 5.32 Å². The van der Waals surface area contributed by atoms with E-state index in [1.54, 1.807) is 23.0 Å². The van der Waals surface area contributed by atoms with Crippen LogP contribution in [0.3, 0.4) is 0 Å². The molecular formula is C11H13BrN4O. The van der Waals surface area contributed by atoms with Gasteiger partial charge in [-0.2, -0.15) is 5.10 Å². The summed E-state index contributed by atoms with van der Waals surface area (Å²) in [5.41, 5.74) is 0.725. The molecule has 0 bridgehead atoms. The number of carbonyl (C=O) groups is 1. The van der Waals surface area contributed by atoms with E-state index >= 15 is 0 Å². The van der Waals surface area contributed by atoms with Crippen LogP contribution < -0.4 is 5.32 Å². The third kappa shape index (κ3) is 2.46. The van der Waals surface area contributed by atoms with Crippen molar-refractivity contribution in [3.05, 3.63) is 22.9 Å². The Morgan fingerprint density at radius 1 is 1.53 bits per heavy atom. The van der Waals surface area contributed by atoms with E-state index in [4.69, 9.17) is 0 Å². The molecule has 1 N–H and O–H groups in total. The van der Waals surface area contributed by atoms with Gasteiger partial charge < -0.3 is 10.1 Å². The summed E-state index contributed by atoms with van der Waals surface area (Å²) in [6.07, 6.45) is 4.39. The summed E-state index contributed by atoms with van der Waals surface area (Å²) in [5.74, 6) is 0.892. The summed E-state index contributed by atoms with van der Waals surface area (Å²) < 4.78 is 2.49. The second-order valence-corrected chi connectivity index (χ2v) is 4.98. The highest BCUT2D eigenvalue weighted by Gasteiger charge is 2.13. The first kappa shape index (κ1) is 12.0. The number of aromatic nitrogens is 3. The van der Waals surface area contributed by atoms with Crippen molar-refractivity contribution in [2.24, 2.45) is 5.92 Å². The number of fused-ring (bicyclic) bond motifs is 1. The van der Waals surface area contributed by atoms with Crippen LogP contribution in [0.5, 0.6) is 0 Å². The lowest BCUT2D eigenvalue weighted by Gasteiger charge is -2.16. The lowest BCUT2D eigenvalue weighted by Crippen LogP contribution is -2.27. The molecule has 0 radical (unpaired) electrons. The molecule has 0 saturated heterocycles. The minimum atomic E-state index is -0.230. The first-order valence-electron chi connectivity index (χ1n) is 5.33. The van der Waals surface area contributed by atoms with Crippen LogP contribution in [-0.2, 0) is 4.79 Å². The van der Waals surface area contributed by atoms with E-state index in [1.807, 2.05) is 13.8 Å². The van der Waals surface area contributed by atoms with Crippen molar-refractivity contribution in [2.45, 2.75) is 19.9 Å². The van der Waals surface area contributed by atoms with E-state index in [0.29, 0.717) is 5.82 Å². The van der Waals surface area contributed by atoms with Gasteiger partial charge >= 0.3 is 0 Å². The van der Waals surface area contributed by atoms with Crippen LogP contribution in [0.4, 0.5) is 5.82 Å². The second kappa shape index (κ2) is 4.83. The van der Waals surface area contributed by atoms with Crippen LogP contribution in [-0.4, -0.2) is 26.9 Å². The Hall–Kier alpha value is -1.43. The number of hydrogen-bond acceptors (Lipinski definition) is 4. The summed E-state index contributed by atoms with van der Waals surface area (Å²) in [6, 6.07) is 1.57. The molecule has 17 heavy (non-hydrogen) atoms. The Bertz CT molecular complexity index is 537.